The molecule has 1 aromatic carbocycles. The van der Waals surface area contributed by atoms with Gasteiger partial charge in [0.05, 0.1) is 7.11 Å². The normalized spacial score (nSPS) is 20.2. The van der Waals surface area contributed by atoms with Crippen LogP contribution in [0.1, 0.15) is 12.5 Å². The quantitative estimate of drug-likeness (QED) is 0.878. The van der Waals surface area contributed by atoms with Gasteiger partial charge in [0.1, 0.15) is 0 Å². The van der Waals surface area contributed by atoms with Crippen LogP contribution in [0.4, 0.5) is 0 Å². The number of benzene rings is 1. The summed E-state index contributed by atoms with van der Waals surface area (Å²) in [4.78, 5) is 2.39. The second kappa shape index (κ2) is 6.83. The first-order valence-electron chi connectivity index (χ1n) is 6.00. The molecule has 0 aliphatic carbocycles. The molecule has 1 saturated heterocycles. The number of phenolic OH excluding ortho intramolecular Hbond substituents is 1. The molecule has 102 valence electrons. The van der Waals surface area contributed by atoms with Crippen LogP contribution in [-0.2, 0) is 6.54 Å². The Morgan fingerprint density at radius 3 is 2.89 bits per heavy atom. The number of methoxy groups -OCH3 is 1. The first kappa shape index (κ1) is 15.1. The van der Waals surface area contributed by atoms with Gasteiger partial charge in [-0.15, -0.1) is 12.4 Å². The van der Waals surface area contributed by atoms with Gasteiger partial charge in [-0.2, -0.15) is 0 Å². The Labute approximate surface area is 114 Å². The molecule has 5 heteroatoms. The summed E-state index contributed by atoms with van der Waals surface area (Å²) < 4.78 is 5.03. The summed E-state index contributed by atoms with van der Waals surface area (Å²) in [5.41, 5.74) is 1.12. The maximum absolute atomic E-state index is 9.72. The van der Waals surface area contributed by atoms with E-state index in [1.54, 1.807) is 13.2 Å². The van der Waals surface area contributed by atoms with Gasteiger partial charge in [-0.3, -0.25) is 4.90 Å². The van der Waals surface area contributed by atoms with E-state index in [1.807, 2.05) is 12.1 Å². The molecule has 1 aliphatic rings. The van der Waals surface area contributed by atoms with E-state index in [2.05, 4.69) is 17.1 Å². The van der Waals surface area contributed by atoms with Gasteiger partial charge >= 0.3 is 0 Å². The van der Waals surface area contributed by atoms with E-state index in [0.717, 1.165) is 31.7 Å². The van der Waals surface area contributed by atoms with Gasteiger partial charge in [-0.25, -0.2) is 0 Å². The minimum absolute atomic E-state index is 0. The molecule has 1 atom stereocenters. The zero-order valence-corrected chi connectivity index (χ0v) is 11.7. The van der Waals surface area contributed by atoms with E-state index in [1.165, 1.54) is 0 Å². The molecular weight excluding hydrogens is 252 g/mol. The molecule has 4 nitrogen and oxygen atoms in total. The van der Waals surface area contributed by atoms with Gasteiger partial charge < -0.3 is 15.2 Å². The highest BCUT2D eigenvalue weighted by Crippen LogP contribution is 2.26. The van der Waals surface area contributed by atoms with Crippen LogP contribution in [0.15, 0.2) is 18.2 Å². The Morgan fingerprint density at radius 2 is 2.28 bits per heavy atom. The van der Waals surface area contributed by atoms with Crippen molar-refractivity contribution < 1.29 is 9.84 Å². The molecule has 0 spiro atoms. The zero-order valence-electron chi connectivity index (χ0n) is 10.8. The molecular formula is C13H21ClN2O2. The van der Waals surface area contributed by atoms with Crippen molar-refractivity contribution in [2.24, 2.45) is 0 Å². The molecule has 2 N–H and O–H groups in total. The van der Waals surface area contributed by atoms with Crippen LogP contribution < -0.4 is 10.1 Å². The fourth-order valence-electron chi connectivity index (χ4n) is 2.25. The number of rotatable bonds is 3. The maximum Gasteiger partial charge on any atom is 0.160 e. The van der Waals surface area contributed by atoms with Gasteiger partial charge in [0.2, 0.25) is 0 Å². The molecule has 0 amide bonds. The SMILES string of the molecule is COc1ccc(CN2CCNC(C)C2)cc1O.Cl. The fraction of sp³-hybridized carbons (Fsp3) is 0.538. The average Bonchev–Trinajstić information content (AvgIpc) is 2.29. The second-order valence-corrected chi connectivity index (χ2v) is 4.60. The highest BCUT2D eigenvalue weighted by molar-refractivity contribution is 5.85. The number of piperazine rings is 1. The lowest BCUT2D eigenvalue weighted by molar-refractivity contribution is 0.199. The van der Waals surface area contributed by atoms with Crippen molar-refractivity contribution in [3.63, 3.8) is 0 Å². The lowest BCUT2D eigenvalue weighted by Gasteiger charge is -2.31. The summed E-state index contributed by atoms with van der Waals surface area (Å²) in [6, 6.07) is 6.14. The van der Waals surface area contributed by atoms with Crippen molar-refractivity contribution in [3.8, 4) is 11.5 Å². The lowest BCUT2D eigenvalue weighted by atomic mass is 10.1. The summed E-state index contributed by atoms with van der Waals surface area (Å²) in [5, 5.41) is 13.1. The number of nitrogens with zero attached hydrogens (tertiary/aromatic N) is 1. The Hall–Kier alpha value is -0.970. The topological polar surface area (TPSA) is 44.7 Å². The van der Waals surface area contributed by atoms with E-state index >= 15 is 0 Å². The number of phenols is 1. The van der Waals surface area contributed by atoms with E-state index in [0.29, 0.717) is 11.8 Å². The summed E-state index contributed by atoms with van der Waals surface area (Å²) in [6.45, 7) is 6.20. The van der Waals surface area contributed by atoms with Crippen molar-refractivity contribution in [1.29, 1.82) is 0 Å². The summed E-state index contributed by atoms with van der Waals surface area (Å²) >= 11 is 0. The second-order valence-electron chi connectivity index (χ2n) is 4.60. The molecule has 18 heavy (non-hydrogen) atoms. The van der Waals surface area contributed by atoms with Crippen molar-refractivity contribution in [2.75, 3.05) is 26.7 Å². The van der Waals surface area contributed by atoms with Crippen LogP contribution in [0.25, 0.3) is 0 Å². The predicted molar refractivity (Wildman–Crippen MR) is 74.6 cm³/mol. The van der Waals surface area contributed by atoms with Crippen molar-refractivity contribution in [3.05, 3.63) is 23.8 Å². The average molecular weight is 273 g/mol. The van der Waals surface area contributed by atoms with Crippen molar-refractivity contribution >= 4 is 12.4 Å². The zero-order chi connectivity index (χ0) is 12.3. The third-order valence-electron chi connectivity index (χ3n) is 3.10. The largest absolute Gasteiger partial charge is 0.504 e. The number of nitrogens with one attached hydrogen (secondary N) is 1. The van der Waals surface area contributed by atoms with Crippen molar-refractivity contribution in [1.82, 2.24) is 10.2 Å². The van der Waals surface area contributed by atoms with Crippen LogP contribution in [0.2, 0.25) is 0 Å². The molecule has 1 unspecified atom stereocenters. The Bertz CT molecular complexity index is 387. The van der Waals surface area contributed by atoms with E-state index < -0.39 is 0 Å². The van der Waals surface area contributed by atoms with Gasteiger partial charge in [0.15, 0.2) is 11.5 Å². The summed E-state index contributed by atoms with van der Waals surface area (Å²) in [6.07, 6.45) is 0. The van der Waals surface area contributed by atoms with E-state index in [9.17, 15) is 5.11 Å². The number of hydrogen-bond donors (Lipinski definition) is 2. The first-order valence-corrected chi connectivity index (χ1v) is 6.00. The van der Waals surface area contributed by atoms with E-state index in [-0.39, 0.29) is 18.2 Å². The smallest absolute Gasteiger partial charge is 0.160 e. The molecule has 0 saturated carbocycles. The molecule has 1 heterocycles. The molecule has 0 bridgehead atoms. The number of ether oxygens (including phenoxy) is 1. The Morgan fingerprint density at radius 1 is 1.50 bits per heavy atom. The maximum atomic E-state index is 9.72. The van der Waals surface area contributed by atoms with Crippen molar-refractivity contribution in [2.45, 2.75) is 19.5 Å². The molecule has 1 aromatic rings. The predicted octanol–water partition coefficient (Wildman–Crippen LogP) is 1.62. The minimum Gasteiger partial charge on any atom is -0.504 e. The number of hydrogen-bond acceptors (Lipinski definition) is 4. The molecule has 0 radical (unpaired) electrons. The molecule has 1 fully saturated rings. The monoisotopic (exact) mass is 272 g/mol. The Balaban J connectivity index is 0.00000162. The van der Waals surface area contributed by atoms with Gasteiger partial charge in [-0.05, 0) is 24.6 Å². The van der Waals surface area contributed by atoms with Crippen LogP contribution in [-0.4, -0.2) is 42.8 Å². The molecule has 2 rings (SSSR count). The van der Waals surface area contributed by atoms with Crippen LogP contribution in [0.3, 0.4) is 0 Å². The standard InChI is InChI=1S/C13H20N2O2.ClH/c1-10-8-15(6-5-14-10)9-11-3-4-13(17-2)12(16)7-11;/h3-4,7,10,14,16H,5-6,8-9H2,1-2H3;1H. The fourth-order valence-corrected chi connectivity index (χ4v) is 2.25. The molecule has 1 aliphatic heterocycles. The minimum atomic E-state index is 0. The van der Waals surface area contributed by atoms with Gasteiger partial charge in [-0.1, -0.05) is 6.07 Å². The van der Waals surface area contributed by atoms with Crippen LogP contribution in [0.5, 0.6) is 11.5 Å². The van der Waals surface area contributed by atoms with Gasteiger partial charge in [0, 0.05) is 32.2 Å². The van der Waals surface area contributed by atoms with Gasteiger partial charge in [0.25, 0.3) is 0 Å². The third-order valence-corrected chi connectivity index (χ3v) is 3.10. The third kappa shape index (κ3) is 3.77. The van der Waals surface area contributed by atoms with Crippen LogP contribution in [0, 0.1) is 0 Å². The van der Waals surface area contributed by atoms with Crippen LogP contribution >= 0.6 is 12.4 Å². The lowest BCUT2D eigenvalue weighted by Crippen LogP contribution is -2.48. The summed E-state index contributed by atoms with van der Waals surface area (Å²) in [7, 11) is 1.56. The first-order chi connectivity index (χ1) is 8.19. The highest BCUT2D eigenvalue weighted by Gasteiger charge is 2.15. The molecule has 0 aromatic heterocycles. The summed E-state index contributed by atoms with van der Waals surface area (Å²) in [5.74, 6) is 0.746. The van der Waals surface area contributed by atoms with E-state index in [4.69, 9.17) is 4.74 Å². The Kier molecular flexibility index (Phi) is 5.72. The number of aromatic hydroxyl groups is 1. The highest BCUT2D eigenvalue weighted by atomic mass is 35.5. The number of halogens is 1.